The van der Waals surface area contributed by atoms with Crippen LogP contribution in [0, 0.1) is 5.82 Å². The second-order valence-electron chi connectivity index (χ2n) is 6.73. The molecule has 1 saturated heterocycles. The molecule has 154 valence electrons. The zero-order valence-electron chi connectivity index (χ0n) is 15.7. The number of ether oxygens (including phenoxy) is 2. The summed E-state index contributed by atoms with van der Waals surface area (Å²) in [5.74, 6) is 0.0215. The Labute approximate surface area is 170 Å². The molecule has 0 amide bonds. The molecular weight excluding hydrogens is 403 g/mol. The summed E-state index contributed by atoms with van der Waals surface area (Å²) in [6.07, 6.45) is -2.10. The first-order chi connectivity index (χ1) is 14.0. The van der Waals surface area contributed by atoms with Gasteiger partial charge in [-0.25, -0.2) is 14.4 Å². The van der Waals surface area contributed by atoms with Crippen LogP contribution in [0.1, 0.15) is 17.9 Å². The molecular formula is C19H20ClFN4O4. The number of rotatable bonds is 5. The Hall–Kier alpha value is -2.30. The molecule has 4 rings (SSSR count). The van der Waals surface area contributed by atoms with Crippen molar-refractivity contribution in [2.24, 2.45) is 0 Å². The van der Waals surface area contributed by atoms with Gasteiger partial charge in [-0.1, -0.05) is 17.7 Å². The van der Waals surface area contributed by atoms with Crippen molar-refractivity contribution in [3.63, 3.8) is 0 Å². The second kappa shape index (κ2) is 7.85. The molecule has 0 radical (unpaired) electrons. The molecule has 1 aliphatic rings. The minimum absolute atomic E-state index is 0.0202. The molecule has 3 aromatic rings. The molecule has 1 fully saturated rings. The van der Waals surface area contributed by atoms with Crippen LogP contribution in [0.2, 0.25) is 5.02 Å². The smallest absolute Gasteiger partial charge is 0.164 e. The maximum Gasteiger partial charge on any atom is 0.164 e. The number of nitrogens with one attached hydrogen (secondary N) is 1. The highest BCUT2D eigenvalue weighted by Crippen LogP contribution is 2.39. The molecule has 3 N–H and O–H groups in total. The third-order valence-electron chi connectivity index (χ3n) is 5.12. The molecule has 5 atom stereocenters. The lowest BCUT2D eigenvalue weighted by Gasteiger charge is -2.25. The van der Waals surface area contributed by atoms with Crippen molar-refractivity contribution >= 4 is 28.5 Å². The number of aliphatic hydroxyl groups excluding tert-OH is 2. The van der Waals surface area contributed by atoms with Crippen LogP contribution in [-0.4, -0.2) is 57.2 Å². The Morgan fingerprint density at radius 2 is 2.07 bits per heavy atom. The standard InChI is InChI=1S/C19H20ClFN4O4/c1-22-17-10-5-6-25(18(10)24-8-23-17)19-14(27)13(26)16(29-19)15(28-2)9-3-4-11(20)12(21)7-9/h3-8,13-16,19,26-27H,1-2H3,(H,22,23,24)/t13-,14+,15+,16-,19+/m0/s1. The summed E-state index contributed by atoms with van der Waals surface area (Å²) in [6.45, 7) is 0. The van der Waals surface area contributed by atoms with Gasteiger partial charge in [0.2, 0.25) is 0 Å². The molecule has 0 spiro atoms. The number of nitrogens with zero attached hydrogens (tertiary/aromatic N) is 3. The summed E-state index contributed by atoms with van der Waals surface area (Å²) >= 11 is 5.75. The van der Waals surface area contributed by atoms with Gasteiger partial charge < -0.3 is 29.6 Å². The van der Waals surface area contributed by atoms with Crippen molar-refractivity contribution in [2.75, 3.05) is 19.5 Å². The predicted octanol–water partition coefficient (Wildman–Crippen LogP) is 2.27. The van der Waals surface area contributed by atoms with Gasteiger partial charge in [0.1, 0.15) is 48.0 Å². The number of fused-ring (bicyclic) bond motifs is 1. The number of hydrogen-bond acceptors (Lipinski definition) is 7. The lowest BCUT2D eigenvalue weighted by atomic mass is 9.99. The van der Waals surface area contributed by atoms with E-state index in [-0.39, 0.29) is 5.02 Å². The second-order valence-corrected chi connectivity index (χ2v) is 7.14. The molecule has 0 bridgehead atoms. The van der Waals surface area contributed by atoms with Crippen molar-refractivity contribution in [2.45, 2.75) is 30.6 Å². The molecule has 3 heterocycles. The van der Waals surface area contributed by atoms with Crippen LogP contribution >= 0.6 is 11.6 Å². The van der Waals surface area contributed by atoms with Gasteiger partial charge in [0.05, 0.1) is 10.4 Å². The fourth-order valence-corrected chi connectivity index (χ4v) is 3.81. The highest BCUT2D eigenvalue weighted by atomic mass is 35.5. The van der Waals surface area contributed by atoms with Crippen LogP contribution in [0.25, 0.3) is 11.0 Å². The van der Waals surface area contributed by atoms with Crippen molar-refractivity contribution in [3.8, 4) is 0 Å². The van der Waals surface area contributed by atoms with E-state index in [1.807, 2.05) is 0 Å². The number of benzene rings is 1. The largest absolute Gasteiger partial charge is 0.387 e. The van der Waals surface area contributed by atoms with Gasteiger partial charge in [-0.15, -0.1) is 0 Å². The van der Waals surface area contributed by atoms with Gasteiger partial charge in [-0.2, -0.15) is 0 Å². The Morgan fingerprint density at radius 1 is 1.28 bits per heavy atom. The molecule has 8 nitrogen and oxygen atoms in total. The van der Waals surface area contributed by atoms with Crippen LogP contribution in [-0.2, 0) is 9.47 Å². The molecule has 0 unspecified atom stereocenters. The number of aromatic nitrogens is 3. The van der Waals surface area contributed by atoms with Crippen LogP contribution in [0.15, 0.2) is 36.8 Å². The quantitative estimate of drug-likeness (QED) is 0.579. The molecule has 0 saturated carbocycles. The minimum atomic E-state index is -1.27. The van der Waals surface area contributed by atoms with Gasteiger partial charge in [0.15, 0.2) is 6.23 Å². The fraction of sp³-hybridized carbons (Fsp3) is 0.368. The van der Waals surface area contributed by atoms with E-state index in [2.05, 4.69) is 15.3 Å². The van der Waals surface area contributed by atoms with E-state index in [0.29, 0.717) is 17.0 Å². The summed E-state index contributed by atoms with van der Waals surface area (Å²) in [5, 5.41) is 25.0. The summed E-state index contributed by atoms with van der Waals surface area (Å²) in [4.78, 5) is 8.42. The number of halogens is 2. The average molecular weight is 423 g/mol. The van der Waals surface area contributed by atoms with Crippen LogP contribution in [0.4, 0.5) is 10.2 Å². The first-order valence-electron chi connectivity index (χ1n) is 8.95. The van der Waals surface area contributed by atoms with E-state index in [4.69, 9.17) is 21.1 Å². The Kier molecular flexibility index (Phi) is 5.41. The lowest BCUT2D eigenvalue weighted by molar-refractivity contribution is -0.0975. The number of anilines is 1. The van der Waals surface area contributed by atoms with Crippen molar-refractivity contribution in [1.82, 2.24) is 14.5 Å². The number of aliphatic hydroxyl groups is 2. The van der Waals surface area contributed by atoms with E-state index < -0.39 is 36.5 Å². The summed E-state index contributed by atoms with van der Waals surface area (Å²) in [7, 11) is 3.17. The van der Waals surface area contributed by atoms with Crippen molar-refractivity contribution in [3.05, 3.63) is 53.2 Å². The number of hydrogen-bond donors (Lipinski definition) is 3. The first-order valence-corrected chi connectivity index (χ1v) is 9.32. The SMILES string of the molecule is CNc1ncnc2c1ccn2[C@@H]1O[C@H]([C@H](OC)c2ccc(Cl)c(F)c2)[C@@H](O)[C@H]1O. The minimum Gasteiger partial charge on any atom is -0.387 e. The fourth-order valence-electron chi connectivity index (χ4n) is 3.69. The van der Waals surface area contributed by atoms with Crippen LogP contribution < -0.4 is 5.32 Å². The Morgan fingerprint density at radius 3 is 2.76 bits per heavy atom. The van der Waals surface area contributed by atoms with E-state index in [1.54, 1.807) is 29.9 Å². The third-order valence-corrected chi connectivity index (χ3v) is 5.43. The Bertz CT molecular complexity index is 1030. The van der Waals surface area contributed by atoms with Crippen molar-refractivity contribution in [1.29, 1.82) is 0 Å². The van der Waals surface area contributed by atoms with Gasteiger partial charge in [0, 0.05) is 20.4 Å². The van der Waals surface area contributed by atoms with Gasteiger partial charge in [0.25, 0.3) is 0 Å². The molecule has 1 aliphatic heterocycles. The van der Waals surface area contributed by atoms with E-state index in [1.165, 1.54) is 25.6 Å². The molecule has 10 heteroatoms. The predicted molar refractivity (Wildman–Crippen MR) is 104 cm³/mol. The highest BCUT2D eigenvalue weighted by molar-refractivity contribution is 6.30. The summed E-state index contributed by atoms with van der Waals surface area (Å²) in [6, 6.07) is 6.01. The number of methoxy groups -OCH3 is 1. The van der Waals surface area contributed by atoms with E-state index in [0.717, 1.165) is 5.39 Å². The topological polar surface area (TPSA) is 102 Å². The zero-order chi connectivity index (χ0) is 20.7. The van der Waals surface area contributed by atoms with Gasteiger partial charge >= 0.3 is 0 Å². The summed E-state index contributed by atoms with van der Waals surface area (Å²) < 4.78 is 27.0. The molecule has 1 aromatic carbocycles. The van der Waals surface area contributed by atoms with Gasteiger partial charge in [-0.3, -0.25) is 0 Å². The lowest BCUT2D eigenvalue weighted by Crippen LogP contribution is -2.35. The zero-order valence-corrected chi connectivity index (χ0v) is 16.4. The normalized spacial score (nSPS) is 25.4. The maximum atomic E-state index is 13.9. The molecule has 2 aromatic heterocycles. The Balaban J connectivity index is 1.68. The van der Waals surface area contributed by atoms with Crippen LogP contribution in [0.5, 0.6) is 0 Å². The van der Waals surface area contributed by atoms with Gasteiger partial charge in [-0.05, 0) is 23.8 Å². The first kappa shape index (κ1) is 20.0. The monoisotopic (exact) mass is 422 g/mol. The molecule has 0 aliphatic carbocycles. The third kappa shape index (κ3) is 3.34. The maximum absolute atomic E-state index is 13.9. The average Bonchev–Trinajstić information content (AvgIpc) is 3.27. The molecule has 29 heavy (non-hydrogen) atoms. The van der Waals surface area contributed by atoms with Crippen molar-refractivity contribution < 1.29 is 24.1 Å². The summed E-state index contributed by atoms with van der Waals surface area (Å²) in [5.41, 5.74) is 0.969. The highest BCUT2D eigenvalue weighted by Gasteiger charge is 2.48. The van der Waals surface area contributed by atoms with E-state index in [9.17, 15) is 14.6 Å². The van der Waals surface area contributed by atoms with Crippen LogP contribution in [0.3, 0.4) is 0 Å². The van der Waals surface area contributed by atoms with E-state index >= 15 is 0 Å².